The van der Waals surface area contributed by atoms with Crippen LogP contribution >= 0.6 is 23.6 Å². The Labute approximate surface area is 172 Å². The molecule has 4 aromatic rings. The second kappa shape index (κ2) is 7.26. The van der Waals surface area contributed by atoms with E-state index in [9.17, 15) is 8.42 Å². The van der Waals surface area contributed by atoms with Gasteiger partial charge in [0.05, 0.1) is 10.6 Å². The number of hydrogen-bond acceptors (Lipinski definition) is 11. The molecule has 0 radical (unpaired) electrons. The maximum atomic E-state index is 12.4. The Hall–Kier alpha value is -3.30. The number of aryl methyl sites for hydroxylation is 1. The summed E-state index contributed by atoms with van der Waals surface area (Å²) in [7, 11) is -3.78. The number of fused-ring (bicyclic) bond motifs is 1. The number of nitrogens with one attached hydrogen (secondary N) is 3. The lowest BCUT2D eigenvalue weighted by molar-refractivity contribution is 0.601. The zero-order valence-corrected chi connectivity index (χ0v) is 17.1. The molecular weight excluding hydrogens is 436 g/mol. The first-order valence-electron chi connectivity index (χ1n) is 7.90. The van der Waals surface area contributed by atoms with Crippen LogP contribution in [0.2, 0.25) is 0 Å². The number of nitrogens with two attached hydrogens (primary N) is 1. The molecule has 0 unspecified atom stereocenters. The lowest BCUT2D eigenvalue weighted by atomic mass is 10.3. The third-order valence-electron chi connectivity index (χ3n) is 3.53. The SMILES string of the molecule is Cc1nnc(NS(=O)(=O)c2ccc(N=Nc3nc4[nH]c(N)nc(=S)c4[nH]3)cc2)s1. The first-order valence-corrected chi connectivity index (χ1v) is 10.6. The maximum Gasteiger partial charge on any atom is 0.263 e. The molecule has 15 heteroatoms. The summed E-state index contributed by atoms with van der Waals surface area (Å²) < 4.78 is 27.4. The first kappa shape index (κ1) is 19.0. The number of sulfonamides is 1. The lowest BCUT2D eigenvalue weighted by Gasteiger charge is -2.04. The Kier molecular flexibility index (Phi) is 4.77. The summed E-state index contributed by atoms with van der Waals surface area (Å²) in [5.41, 5.74) is 6.92. The molecule has 148 valence electrons. The molecule has 0 spiro atoms. The predicted octanol–water partition coefficient (Wildman–Crippen LogP) is 2.97. The summed E-state index contributed by atoms with van der Waals surface area (Å²) in [5, 5.41) is 16.4. The quantitative estimate of drug-likeness (QED) is 0.265. The molecule has 5 N–H and O–H groups in total. The van der Waals surface area contributed by atoms with Gasteiger partial charge < -0.3 is 15.7 Å². The van der Waals surface area contributed by atoms with Crippen molar-refractivity contribution in [2.24, 2.45) is 10.2 Å². The average molecular weight is 449 g/mol. The predicted molar refractivity (Wildman–Crippen MR) is 110 cm³/mol. The van der Waals surface area contributed by atoms with Crippen molar-refractivity contribution in [3.8, 4) is 0 Å². The van der Waals surface area contributed by atoms with Crippen LogP contribution in [-0.2, 0) is 10.0 Å². The van der Waals surface area contributed by atoms with E-state index in [1.807, 2.05) is 0 Å². The molecule has 0 bridgehead atoms. The number of aromatic nitrogens is 6. The van der Waals surface area contributed by atoms with Crippen LogP contribution < -0.4 is 10.5 Å². The monoisotopic (exact) mass is 448 g/mol. The molecule has 3 heterocycles. The topological polar surface area (TPSA) is 180 Å². The third kappa shape index (κ3) is 4.10. The Morgan fingerprint density at radius 3 is 2.59 bits per heavy atom. The third-order valence-corrected chi connectivity index (χ3v) is 6.06. The van der Waals surface area contributed by atoms with E-state index in [0.717, 1.165) is 11.3 Å². The molecule has 0 amide bonds. The largest absolute Gasteiger partial charge is 0.369 e. The molecule has 0 aliphatic heterocycles. The van der Waals surface area contributed by atoms with Gasteiger partial charge in [0.25, 0.3) is 10.0 Å². The number of anilines is 2. The second-order valence-electron chi connectivity index (χ2n) is 5.64. The first-order chi connectivity index (χ1) is 13.8. The van der Waals surface area contributed by atoms with Crippen molar-refractivity contribution < 1.29 is 8.42 Å². The van der Waals surface area contributed by atoms with Crippen LogP contribution in [0, 0.1) is 11.6 Å². The van der Waals surface area contributed by atoms with Crippen molar-refractivity contribution in [2.75, 3.05) is 10.5 Å². The molecule has 3 aromatic heterocycles. The van der Waals surface area contributed by atoms with Crippen molar-refractivity contribution in [1.29, 1.82) is 0 Å². The normalized spacial score (nSPS) is 12.0. The van der Waals surface area contributed by atoms with E-state index in [2.05, 4.69) is 45.1 Å². The van der Waals surface area contributed by atoms with Crippen molar-refractivity contribution in [3.05, 3.63) is 33.9 Å². The Morgan fingerprint density at radius 2 is 1.90 bits per heavy atom. The van der Waals surface area contributed by atoms with E-state index in [1.165, 1.54) is 24.3 Å². The number of aromatic amines is 2. The van der Waals surface area contributed by atoms with Crippen molar-refractivity contribution >= 4 is 67.5 Å². The number of hydrogen-bond donors (Lipinski definition) is 4. The van der Waals surface area contributed by atoms with Gasteiger partial charge in [-0.1, -0.05) is 23.6 Å². The molecule has 29 heavy (non-hydrogen) atoms. The fourth-order valence-corrected chi connectivity index (χ4v) is 4.34. The van der Waals surface area contributed by atoms with Crippen molar-refractivity contribution in [3.63, 3.8) is 0 Å². The number of H-pyrrole nitrogens is 2. The van der Waals surface area contributed by atoms with Gasteiger partial charge in [-0.25, -0.2) is 13.4 Å². The number of nitrogen functional groups attached to an aromatic ring is 1. The van der Waals surface area contributed by atoms with Crippen LogP contribution in [0.5, 0.6) is 0 Å². The average Bonchev–Trinajstić information content (AvgIpc) is 3.26. The molecule has 0 aliphatic carbocycles. The van der Waals surface area contributed by atoms with Crippen LogP contribution in [-0.4, -0.2) is 38.6 Å². The van der Waals surface area contributed by atoms with Gasteiger partial charge in [0.2, 0.25) is 17.0 Å². The van der Waals surface area contributed by atoms with Crippen LogP contribution in [0.4, 0.5) is 22.7 Å². The van der Waals surface area contributed by atoms with E-state index in [0.29, 0.717) is 21.9 Å². The smallest absolute Gasteiger partial charge is 0.263 e. The summed E-state index contributed by atoms with van der Waals surface area (Å²) in [6, 6.07) is 5.83. The highest BCUT2D eigenvalue weighted by Gasteiger charge is 2.16. The molecular formula is C14H12N10O2S3. The highest BCUT2D eigenvalue weighted by atomic mass is 32.2. The second-order valence-corrected chi connectivity index (χ2v) is 8.89. The number of azo groups is 1. The van der Waals surface area contributed by atoms with Gasteiger partial charge in [-0.2, -0.15) is 4.98 Å². The molecule has 0 saturated carbocycles. The van der Waals surface area contributed by atoms with Gasteiger partial charge in [-0.05, 0) is 31.2 Å². The molecule has 1 aromatic carbocycles. The summed E-state index contributed by atoms with van der Waals surface area (Å²) in [6.07, 6.45) is 0. The standard InChI is InChI=1S/C14H12N10O2S3/c1-6-20-23-14(28-6)24-29(25,26)8-4-2-7(3-5-8)21-22-13-16-9-10(18-13)17-12(15)19-11(9)27/h2-5H,1H3,(H,23,24)(H4,15,16,17,18,19,27). The van der Waals surface area contributed by atoms with Gasteiger partial charge in [-0.15, -0.1) is 20.4 Å². The van der Waals surface area contributed by atoms with Crippen LogP contribution in [0.25, 0.3) is 11.2 Å². The van der Waals surface area contributed by atoms with Crippen LogP contribution in [0.3, 0.4) is 0 Å². The molecule has 0 saturated heterocycles. The van der Waals surface area contributed by atoms with Gasteiger partial charge in [0.15, 0.2) is 10.3 Å². The molecule has 0 fully saturated rings. The minimum atomic E-state index is -3.78. The van der Waals surface area contributed by atoms with E-state index < -0.39 is 10.0 Å². The number of benzene rings is 1. The van der Waals surface area contributed by atoms with E-state index >= 15 is 0 Å². The summed E-state index contributed by atoms with van der Waals surface area (Å²) in [4.78, 5) is 13.8. The Morgan fingerprint density at radius 1 is 1.14 bits per heavy atom. The lowest BCUT2D eigenvalue weighted by Crippen LogP contribution is -2.12. The Bertz CT molecular complexity index is 1390. The highest BCUT2D eigenvalue weighted by Crippen LogP contribution is 2.23. The molecule has 0 aliphatic rings. The van der Waals surface area contributed by atoms with E-state index in [1.54, 1.807) is 6.92 Å². The number of rotatable bonds is 5. The summed E-state index contributed by atoms with van der Waals surface area (Å²) in [6.45, 7) is 1.73. The van der Waals surface area contributed by atoms with Crippen LogP contribution in [0.1, 0.15) is 5.01 Å². The van der Waals surface area contributed by atoms with Gasteiger partial charge in [0.1, 0.15) is 10.5 Å². The maximum absolute atomic E-state index is 12.4. The number of nitrogens with zero attached hydrogens (tertiary/aromatic N) is 6. The summed E-state index contributed by atoms with van der Waals surface area (Å²) in [5.74, 6) is 0.339. The zero-order valence-electron chi connectivity index (χ0n) is 14.6. The van der Waals surface area contributed by atoms with Gasteiger partial charge in [-0.3, -0.25) is 4.72 Å². The molecule has 12 nitrogen and oxygen atoms in total. The molecule has 4 rings (SSSR count). The van der Waals surface area contributed by atoms with Gasteiger partial charge >= 0.3 is 0 Å². The van der Waals surface area contributed by atoms with E-state index in [4.69, 9.17) is 18.0 Å². The number of imidazole rings is 1. The van der Waals surface area contributed by atoms with Crippen molar-refractivity contribution in [1.82, 2.24) is 30.1 Å². The minimum Gasteiger partial charge on any atom is -0.369 e. The van der Waals surface area contributed by atoms with Crippen LogP contribution in [0.15, 0.2) is 39.4 Å². The summed E-state index contributed by atoms with van der Waals surface area (Å²) >= 11 is 6.25. The fourth-order valence-electron chi connectivity index (χ4n) is 2.28. The van der Waals surface area contributed by atoms with E-state index in [-0.39, 0.29) is 26.6 Å². The fraction of sp³-hybridized carbons (Fsp3) is 0.0714. The van der Waals surface area contributed by atoms with Gasteiger partial charge in [0, 0.05) is 0 Å². The zero-order chi connectivity index (χ0) is 20.6. The minimum absolute atomic E-state index is 0.0555. The van der Waals surface area contributed by atoms with Crippen molar-refractivity contribution in [2.45, 2.75) is 11.8 Å². The highest BCUT2D eigenvalue weighted by molar-refractivity contribution is 7.93. The molecule has 0 atom stereocenters. The Balaban J connectivity index is 1.53.